The summed E-state index contributed by atoms with van der Waals surface area (Å²) in [4.78, 5) is 11.8. The molecule has 0 saturated carbocycles. The topological polar surface area (TPSA) is 64.4 Å². The van der Waals surface area contributed by atoms with E-state index in [9.17, 15) is 4.79 Å². The van der Waals surface area contributed by atoms with Crippen LogP contribution >= 0.6 is 0 Å². The summed E-state index contributed by atoms with van der Waals surface area (Å²) in [6, 6.07) is 0.224. The van der Waals surface area contributed by atoms with Crippen LogP contribution in [0.25, 0.3) is 0 Å². The predicted octanol–water partition coefficient (Wildman–Crippen LogP) is 1.97. The molecule has 1 aliphatic rings. The van der Waals surface area contributed by atoms with Crippen LogP contribution in [-0.4, -0.2) is 30.2 Å². The zero-order chi connectivity index (χ0) is 13.6. The van der Waals surface area contributed by atoms with Crippen LogP contribution in [-0.2, 0) is 9.53 Å². The molecule has 18 heavy (non-hydrogen) atoms. The van der Waals surface area contributed by atoms with Gasteiger partial charge in [-0.05, 0) is 32.1 Å². The minimum atomic E-state index is -0.0386. The molecule has 1 fully saturated rings. The molecule has 1 rings (SSSR count). The van der Waals surface area contributed by atoms with Crippen molar-refractivity contribution < 1.29 is 9.53 Å². The highest BCUT2D eigenvalue weighted by atomic mass is 16.5. The molecule has 1 saturated heterocycles. The van der Waals surface area contributed by atoms with E-state index in [1.807, 2.05) is 6.92 Å². The average molecular weight is 256 g/mol. The third kappa shape index (κ3) is 4.25. The summed E-state index contributed by atoms with van der Waals surface area (Å²) in [7, 11) is 0. The highest BCUT2D eigenvalue weighted by Gasteiger charge is 2.34. The maximum Gasteiger partial charge on any atom is 0.221 e. The van der Waals surface area contributed by atoms with E-state index >= 15 is 0 Å². The molecular weight excluding hydrogens is 228 g/mol. The van der Waals surface area contributed by atoms with Crippen molar-refractivity contribution in [3.05, 3.63) is 0 Å². The molecule has 0 spiro atoms. The van der Waals surface area contributed by atoms with Crippen molar-refractivity contribution in [3.8, 4) is 0 Å². The highest BCUT2D eigenvalue weighted by molar-refractivity contribution is 5.76. The van der Waals surface area contributed by atoms with Crippen molar-refractivity contribution in [3.63, 3.8) is 0 Å². The van der Waals surface area contributed by atoms with Crippen LogP contribution in [0.2, 0.25) is 0 Å². The minimum absolute atomic E-state index is 0.0213. The number of carbonyl (C=O) groups is 1. The van der Waals surface area contributed by atoms with Gasteiger partial charge in [0.05, 0.1) is 5.60 Å². The van der Waals surface area contributed by atoms with Crippen LogP contribution in [0.1, 0.15) is 59.3 Å². The average Bonchev–Trinajstić information content (AvgIpc) is 2.38. The molecule has 0 aliphatic carbocycles. The van der Waals surface area contributed by atoms with Gasteiger partial charge in [-0.3, -0.25) is 4.79 Å². The summed E-state index contributed by atoms with van der Waals surface area (Å²) >= 11 is 0. The Labute approximate surface area is 111 Å². The first kappa shape index (κ1) is 15.4. The third-order valence-corrected chi connectivity index (χ3v) is 4.12. The predicted molar refractivity (Wildman–Crippen MR) is 73.3 cm³/mol. The van der Waals surface area contributed by atoms with Gasteiger partial charge in [-0.15, -0.1) is 0 Å². The number of nitrogens with two attached hydrogens (primary N) is 1. The van der Waals surface area contributed by atoms with Gasteiger partial charge in [-0.2, -0.15) is 0 Å². The fourth-order valence-corrected chi connectivity index (χ4v) is 2.56. The van der Waals surface area contributed by atoms with Crippen LogP contribution in [0, 0.1) is 0 Å². The zero-order valence-electron chi connectivity index (χ0n) is 12.0. The molecule has 0 bridgehead atoms. The van der Waals surface area contributed by atoms with E-state index in [1.54, 1.807) is 0 Å². The van der Waals surface area contributed by atoms with E-state index in [-0.39, 0.29) is 23.6 Å². The van der Waals surface area contributed by atoms with E-state index in [4.69, 9.17) is 10.5 Å². The van der Waals surface area contributed by atoms with Crippen LogP contribution in [0.4, 0.5) is 0 Å². The van der Waals surface area contributed by atoms with Crippen molar-refractivity contribution in [2.75, 3.05) is 6.61 Å². The summed E-state index contributed by atoms with van der Waals surface area (Å²) in [6.45, 7) is 7.06. The number of carbonyl (C=O) groups excluding carboxylic acids is 1. The van der Waals surface area contributed by atoms with Gasteiger partial charge in [-0.1, -0.05) is 20.8 Å². The lowest BCUT2D eigenvalue weighted by Crippen LogP contribution is -2.48. The molecule has 1 heterocycles. The molecule has 0 aromatic heterocycles. The molecular formula is C14H28N2O2. The van der Waals surface area contributed by atoms with Gasteiger partial charge in [0.2, 0.25) is 5.91 Å². The van der Waals surface area contributed by atoms with Gasteiger partial charge in [0.15, 0.2) is 0 Å². The molecule has 3 N–H and O–H groups in total. The van der Waals surface area contributed by atoms with Crippen LogP contribution in [0.5, 0.6) is 0 Å². The standard InChI is InChI=1S/C14H28N2O2/c1-4-11(15)9-13(17)16-12-7-8-18-14(5-2,6-3)10-12/h11-12H,4-10,15H2,1-3H3,(H,16,17). The van der Waals surface area contributed by atoms with Gasteiger partial charge in [-0.25, -0.2) is 0 Å². The smallest absolute Gasteiger partial charge is 0.221 e. The first-order valence-electron chi connectivity index (χ1n) is 7.24. The Bertz CT molecular complexity index is 265. The summed E-state index contributed by atoms with van der Waals surface area (Å²) < 4.78 is 5.90. The lowest BCUT2D eigenvalue weighted by atomic mass is 9.86. The number of hydrogen-bond acceptors (Lipinski definition) is 3. The summed E-state index contributed by atoms with van der Waals surface area (Å²) in [6.07, 6.45) is 5.12. The molecule has 1 aliphatic heterocycles. The van der Waals surface area contributed by atoms with E-state index in [2.05, 4.69) is 19.2 Å². The Hall–Kier alpha value is -0.610. The molecule has 4 nitrogen and oxygen atoms in total. The van der Waals surface area contributed by atoms with Gasteiger partial charge in [0.1, 0.15) is 0 Å². The molecule has 0 radical (unpaired) electrons. The number of hydrogen-bond donors (Lipinski definition) is 2. The van der Waals surface area contributed by atoms with Crippen molar-refractivity contribution in [2.45, 2.75) is 77.0 Å². The third-order valence-electron chi connectivity index (χ3n) is 4.12. The Morgan fingerprint density at radius 1 is 1.44 bits per heavy atom. The van der Waals surface area contributed by atoms with Gasteiger partial charge < -0.3 is 15.8 Å². The first-order chi connectivity index (χ1) is 8.55. The number of nitrogens with one attached hydrogen (secondary N) is 1. The summed E-state index contributed by atoms with van der Waals surface area (Å²) in [5, 5.41) is 3.11. The maximum atomic E-state index is 11.8. The van der Waals surface area contributed by atoms with Crippen molar-refractivity contribution in [2.24, 2.45) is 5.73 Å². The van der Waals surface area contributed by atoms with E-state index in [0.717, 1.165) is 38.7 Å². The normalized spacial score (nSPS) is 24.6. The lowest BCUT2D eigenvalue weighted by molar-refractivity contribution is -0.126. The van der Waals surface area contributed by atoms with E-state index in [1.165, 1.54) is 0 Å². The fraction of sp³-hybridized carbons (Fsp3) is 0.929. The van der Waals surface area contributed by atoms with Crippen LogP contribution in [0.15, 0.2) is 0 Å². The number of ether oxygens (including phenoxy) is 1. The number of amides is 1. The Balaban J connectivity index is 2.45. The zero-order valence-corrected chi connectivity index (χ0v) is 12.0. The summed E-state index contributed by atoms with van der Waals surface area (Å²) in [5.74, 6) is 0.0809. The molecule has 2 unspecified atom stereocenters. The second kappa shape index (κ2) is 7.10. The molecule has 4 heteroatoms. The second-order valence-electron chi connectivity index (χ2n) is 5.37. The van der Waals surface area contributed by atoms with E-state index < -0.39 is 0 Å². The maximum absolute atomic E-state index is 11.8. The van der Waals surface area contributed by atoms with Gasteiger partial charge in [0.25, 0.3) is 0 Å². The fourth-order valence-electron chi connectivity index (χ4n) is 2.56. The largest absolute Gasteiger partial charge is 0.375 e. The highest BCUT2D eigenvalue weighted by Crippen LogP contribution is 2.31. The molecule has 106 valence electrons. The van der Waals surface area contributed by atoms with Gasteiger partial charge >= 0.3 is 0 Å². The lowest BCUT2D eigenvalue weighted by Gasteiger charge is -2.40. The van der Waals surface area contributed by atoms with Crippen molar-refractivity contribution in [1.82, 2.24) is 5.32 Å². The monoisotopic (exact) mass is 256 g/mol. The molecule has 1 amide bonds. The SMILES string of the molecule is CCC(N)CC(=O)NC1CCOC(CC)(CC)C1. The number of rotatable bonds is 6. The Morgan fingerprint density at radius 2 is 2.11 bits per heavy atom. The van der Waals surface area contributed by atoms with Crippen molar-refractivity contribution in [1.29, 1.82) is 0 Å². The molecule has 2 atom stereocenters. The van der Waals surface area contributed by atoms with Crippen LogP contribution in [0.3, 0.4) is 0 Å². The Morgan fingerprint density at radius 3 is 2.67 bits per heavy atom. The summed E-state index contributed by atoms with van der Waals surface area (Å²) in [5.41, 5.74) is 5.76. The van der Waals surface area contributed by atoms with Gasteiger partial charge in [0, 0.05) is 25.1 Å². The molecule has 0 aromatic carbocycles. The molecule has 0 aromatic rings. The second-order valence-corrected chi connectivity index (χ2v) is 5.37. The van der Waals surface area contributed by atoms with E-state index in [0.29, 0.717) is 6.42 Å². The van der Waals surface area contributed by atoms with Crippen LogP contribution < -0.4 is 11.1 Å². The van der Waals surface area contributed by atoms with Crippen molar-refractivity contribution >= 4 is 5.91 Å². The minimum Gasteiger partial charge on any atom is -0.375 e. The first-order valence-corrected chi connectivity index (χ1v) is 7.24. The Kier molecular flexibility index (Phi) is 6.09. The quantitative estimate of drug-likeness (QED) is 0.763.